The summed E-state index contributed by atoms with van der Waals surface area (Å²) < 4.78 is 0.595. The molecule has 0 bridgehead atoms. The normalized spacial score (nSPS) is 12.7. The fraction of sp³-hybridized carbons (Fsp3) is 0.158. The van der Waals surface area contributed by atoms with Gasteiger partial charge in [0.15, 0.2) is 5.82 Å². The van der Waals surface area contributed by atoms with Crippen LogP contribution in [-0.4, -0.2) is 21.6 Å². The van der Waals surface area contributed by atoms with Crippen LogP contribution >= 0.6 is 11.3 Å². The lowest BCUT2D eigenvalue weighted by Gasteiger charge is -2.13. The lowest BCUT2D eigenvalue weighted by Crippen LogP contribution is -2.09. The fourth-order valence-electron chi connectivity index (χ4n) is 3.23. The van der Waals surface area contributed by atoms with E-state index in [0.717, 1.165) is 16.5 Å². The Bertz CT molecular complexity index is 1180. The van der Waals surface area contributed by atoms with E-state index in [1.807, 2.05) is 35.7 Å². The molecule has 6 nitrogen and oxygen atoms in total. The molecule has 0 fully saturated rings. The van der Waals surface area contributed by atoms with E-state index in [2.05, 4.69) is 16.9 Å². The van der Waals surface area contributed by atoms with Crippen molar-refractivity contribution in [1.82, 2.24) is 9.97 Å². The van der Waals surface area contributed by atoms with Gasteiger partial charge in [0.05, 0.1) is 11.1 Å². The SMILES string of the molecule is CC(CN)c1ccc(-c2c(O)nc(N)c3[nH]c(=O)c4sccc4c23)cc1. The second kappa shape index (κ2) is 6.12. The lowest BCUT2D eigenvalue weighted by molar-refractivity contribution is 0.457. The zero-order valence-electron chi connectivity index (χ0n) is 14.1. The second-order valence-corrected chi connectivity index (χ2v) is 7.24. The summed E-state index contributed by atoms with van der Waals surface area (Å²) in [4.78, 5) is 19.1. The first-order chi connectivity index (χ1) is 12.5. The number of aromatic hydroxyl groups is 1. The van der Waals surface area contributed by atoms with E-state index in [-0.39, 0.29) is 23.2 Å². The highest BCUT2D eigenvalue weighted by molar-refractivity contribution is 7.17. The van der Waals surface area contributed by atoms with Crippen molar-refractivity contribution in [3.63, 3.8) is 0 Å². The van der Waals surface area contributed by atoms with Gasteiger partial charge in [0, 0.05) is 10.8 Å². The first kappa shape index (κ1) is 16.6. The Balaban J connectivity index is 2.06. The number of nitrogens with zero attached hydrogens (tertiary/aromatic N) is 1. The third kappa shape index (κ3) is 2.44. The lowest BCUT2D eigenvalue weighted by atomic mass is 9.95. The minimum absolute atomic E-state index is 0.0971. The average molecular weight is 366 g/mol. The molecule has 132 valence electrons. The van der Waals surface area contributed by atoms with Crippen LogP contribution in [-0.2, 0) is 0 Å². The Labute approximate surface area is 153 Å². The molecule has 4 aromatic rings. The van der Waals surface area contributed by atoms with Crippen molar-refractivity contribution in [2.45, 2.75) is 12.8 Å². The van der Waals surface area contributed by atoms with Gasteiger partial charge in [0.1, 0.15) is 4.70 Å². The molecule has 0 aliphatic rings. The van der Waals surface area contributed by atoms with E-state index in [4.69, 9.17) is 11.5 Å². The van der Waals surface area contributed by atoms with Crippen LogP contribution in [0, 0.1) is 0 Å². The highest BCUT2D eigenvalue weighted by Gasteiger charge is 2.19. The van der Waals surface area contributed by atoms with Crippen LogP contribution in [0.3, 0.4) is 0 Å². The third-order valence-corrected chi connectivity index (χ3v) is 5.62. The Morgan fingerprint density at radius 3 is 2.69 bits per heavy atom. The zero-order chi connectivity index (χ0) is 18.4. The van der Waals surface area contributed by atoms with Gasteiger partial charge in [-0.25, -0.2) is 0 Å². The number of anilines is 1. The van der Waals surface area contributed by atoms with Crippen LogP contribution in [0.1, 0.15) is 18.4 Å². The van der Waals surface area contributed by atoms with Crippen molar-refractivity contribution in [3.05, 3.63) is 51.6 Å². The fourth-order valence-corrected chi connectivity index (χ4v) is 4.02. The Morgan fingerprint density at radius 2 is 2.00 bits per heavy atom. The van der Waals surface area contributed by atoms with Crippen LogP contribution in [0.5, 0.6) is 5.88 Å². The number of thiophene rings is 1. The molecule has 26 heavy (non-hydrogen) atoms. The van der Waals surface area contributed by atoms with Gasteiger partial charge in [-0.3, -0.25) is 4.79 Å². The van der Waals surface area contributed by atoms with Gasteiger partial charge in [-0.15, -0.1) is 11.3 Å². The molecular weight excluding hydrogens is 348 g/mol. The van der Waals surface area contributed by atoms with E-state index in [9.17, 15) is 9.90 Å². The number of nitrogens with two attached hydrogens (primary N) is 2. The van der Waals surface area contributed by atoms with E-state index in [1.54, 1.807) is 0 Å². The number of rotatable bonds is 3. The molecule has 0 aliphatic heterocycles. The first-order valence-electron chi connectivity index (χ1n) is 8.23. The van der Waals surface area contributed by atoms with Crippen molar-refractivity contribution < 1.29 is 5.11 Å². The van der Waals surface area contributed by atoms with Crippen LogP contribution in [0.2, 0.25) is 0 Å². The maximum absolute atomic E-state index is 12.3. The molecule has 0 aliphatic carbocycles. The van der Waals surface area contributed by atoms with E-state index < -0.39 is 0 Å². The molecule has 3 heterocycles. The molecule has 3 aromatic heterocycles. The van der Waals surface area contributed by atoms with Gasteiger partial charge < -0.3 is 21.6 Å². The Morgan fingerprint density at radius 1 is 1.27 bits per heavy atom. The number of aromatic nitrogens is 2. The minimum Gasteiger partial charge on any atom is -0.493 e. The number of H-pyrrole nitrogens is 1. The summed E-state index contributed by atoms with van der Waals surface area (Å²) in [7, 11) is 0. The minimum atomic E-state index is -0.209. The standard InChI is InChI=1S/C19H18N4O2S/c1-9(8-20)10-2-4-11(5-3-10)13-14-12-6-7-26-16(12)19(25)22-15(14)17(21)23-18(13)24/h2-7,9H,8,20H2,1H3,(H,22,25)(H3,21,23,24). The molecule has 0 spiro atoms. The summed E-state index contributed by atoms with van der Waals surface area (Å²) in [6.45, 7) is 2.62. The summed E-state index contributed by atoms with van der Waals surface area (Å²) in [5.41, 5.74) is 14.4. The van der Waals surface area contributed by atoms with Crippen LogP contribution in [0.4, 0.5) is 5.82 Å². The number of nitrogens with one attached hydrogen (secondary N) is 1. The molecule has 4 rings (SSSR count). The van der Waals surface area contributed by atoms with E-state index >= 15 is 0 Å². The topological polar surface area (TPSA) is 118 Å². The highest BCUT2D eigenvalue weighted by atomic mass is 32.1. The molecule has 1 aromatic carbocycles. The van der Waals surface area contributed by atoms with Gasteiger partial charge in [0.25, 0.3) is 5.56 Å². The molecule has 7 heteroatoms. The van der Waals surface area contributed by atoms with Gasteiger partial charge >= 0.3 is 0 Å². The van der Waals surface area contributed by atoms with Gasteiger partial charge in [-0.2, -0.15) is 4.98 Å². The number of pyridine rings is 2. The Hall–Kier alpha value is -2.90. The van der Waals surface area contributed by atoms with Crippen molar-refractivity contribution in [1.29, 1.82) is 0 Å². The number of benzene rings is 1. The first-order valence-corrected chi connectivity index (χ1v) is 9.11. The number of aromatic amines is 1. The molecule has 0 saturated heterocycles. The van der Waals surface area contributed by atoms with Crippen LogP contribution in [0.25, 0.3) is 32.1 Å². The maximum atomic E-state index is 12.3. The maximum Gasteiger partial charge on any atom is 0.266 e. The number of hydrogen-bond acceptors (Lipinski definition) is 6. The van der Waals surface area contributed by atoms with E-state index in [0.29, 0.717) is 27.7 Å². The van der Waals surface area contributed by atoms with Crippen molar-refractivity contribution >= 4 is 38.1 Å². The largest absolute Gasteiger partial charge is 0.493 e. The van der Waals surface area contributed by atoms with Crippen molar-refractivity contribution in [3.8, 4) is 17.0 Å². The molecular formula is C19H18N4O2S. The predicted octanol–water partition coefficient (Wildman–Crippen LogP) is 3.15. The highest BCUT2D eigenvalue weighted by Crippen LogP contribution is 2.40. The van der Waals surface area contributed by atoms with E-state index in [1.165, 1.54) is 11.3 Å². The van der Waals surface area contributed by atoms with Crippen LogP contribution in [0.15, 0.2) is 40.5 Å². The Kier molecular flexibility index (Phi) is 3.90. The number of nitrogen functional groups attached to an aromatic ring is 1. The molecule has 1 atom stereocenters. The smallest absolute Gasteiger partial charge is 0.266 e. The number of fused-ring (bicyclic) bond motifs is 3. The molecule has 0 saturated carbocycles. The van der Waals surface area contributed by atoms with Crippen molar-refractivity contribution in [2.75, 3.05) is 12.3 Å². The predicted molar refractivity (Wildman–Crippen MR) is 107 cm³/mol. The molecule has 0 radical (unpaired) electrons. The van der Waals surface area contributed by atoms with Crippen LogP contribution < -0.4 is 17.0 Å². The average Bonchev–Trinajstić information content (AvgIpc) is 3.13. The molecule has 1 unspecified atom stereocenters. The summed E-state index contributed by atoms with van der Waals surface area (Å²) in [6, 6.07) is 9.70. The second-order valence-electron chi connectivity index (χ2n) is 6.32. The molecule has 6 N–H and O–H groups in total. The zero-order valence-corrected chi connectivity index (χ0v) is 14.9. The van der Waals surface area contributed by atoms with Crippen molar-refractivity contribution in [2.24, 2.45) is 5.73 Å². The third-order valence-electron chi connectivity index (χ3n) is 4.71. The molecule has 0 amide bonds. The number of hydrogen-bond donors (Lipinski definition) is 4. The van der Waals surface area contributed by atoms with Gasteiger partial charge in [-0.1, -0.05) is 31.2 Å². The summed E-state index contributed by atoms with van der Waals surface area (Å²) in [6.07, 6.45) is 0. The van der Waals surface area contributed by atoms with Gasteiger partial charge in [-0.05, 0) is 35.0 Å². The summed E-state index contributed by atoms with van der Waals surface area (Å²) in [5.74, 6) is 0.188. The summed E-state index contributed by atoms with van der Waals surface area (Å²) in [5, 5.41) is 13.8. The quantitative estimate of drug-likeness (QED) is 0.444. The van der Waals surface area contributed by atoms with Gasteiger partial charge in [0.2, 0.25) is 5.88 Å². The monoisotopic (exact) mass is 366 g/mol. The summed E-state index contributed by atoms with van der Waals surface area (Å²) >= 11 is 1.35.